The second kappa shape index (κ2) is 10.5. The Morgan fingerprint density at radius 2 is 2.04 bits per heavy atom. The van der Waals surface area contributed by atoms with Crippen LogP contribution in [0.1, 0.15) is 50.7 Å². The van der Waals surface area contributed by atoms with Gasteiger partial charge in [0, 0.05) is 30.8 Å². The molecule has 0 fully saturated rings. The first kappa shape index (κ1) is 22.2. The molecule has 2 aromatic rings. The predicted molar refractivity (Wildman–Crippen MR) is 112 cm³/mol. The van der Waals surface area contributed by atoms with Gasteiger partial charge in [-0.3, -0.25) is 0 Å². The van der Waals surface area contributed by atoms with Gasteiger partial charge in [0.1, 0.15) is 0 Å². The number of rotatable bonds is 11. The highest BCUT2D eigenvalue weighted by Crippen LogP contribution is 2.35. The highest BCUT2D eigenvalue weighted by Gasteiger charge is 2.26. The van der Waals surface area contributed by atoms with Crippen molar-refractivity contribution in [3.63, 3.8) is 0 Å². The number of carbonyl (C=O) groups is 1. The fourth-order valence-corrected chi connectivity index (χ4v) is 4.08. The number of aliphatic hydroxyl groups excluding tert-OH is 1. The first-order valence-corrected chi connectivity index (χ1v) is 10.1. The van der Waals surface area contributed by atoms with E-state index in [0.29, 0.717) is 12.3 Å². The zero-order valence-corrected chi connectivity index (χ0v) is 17.4. The van der Waals surface area contributed by atoms with Crippen LogP contribution in [0.5, 0.6) is 0 Å². The number of ether oxygens (including phenoxy) is 1. The average molecular weight is 391 g/mol. The van der Waals surface area contributed by atoms with Gasteiger partial charge < -0.3 is 25.3 Å². The van der Waals surface area contributed by atoms with Crippen LogP contribution in [0.2, 0.25) is 0 Å². The van der Waals surface area contributed by atoms with Gasteiger partial charge in [0.2, 0.25) is 0 Å². The third-order valence-electron chi connectivity index (χ3n) is 5.72. The van der Waals surface area contributed by atoms with Crippen molar-refractivity contribution in [2.45, 2.75) is 52.0 Å². The molecule has 0 aliphatic heterocycles. The summed E-state index contributed by atoms with van der Waals surface area (Å²) in [5.41, 5.74) is 3.67. The largest absolute Gasteiger partial charge is 0.465 e. The Morgan fingerprint density at radius 1 is 1.29 bits per heavy atom. The van der Waals surface area contributed by atoms with Crippen LogP contribution in [0.15, 0.2) is 24.4 Å². The molecule has 1 aromatic carbocycles. The van der Waals surface area contributed by atoms with Gasteiger partial charge in [0.05, 0.1) is 12.6 Å². The van der Waals surface area contributed by atoms with Crippen LogP contribution in [-0.2, 0) is 11.2 Å². The number of carboxylic acid groups (broad SMARTS) is 1. The molecular formula is C22H34N2O4. The van der Waals surface area contributed by atoms with E-state index in [1.54, 1.807) is 7.11 Å². The molecule has 6 heteroatoms. The number of methoxy groups -OCH3 is 1. The minimum absolute atomic E-state index is 0.192. The molecule has 0 saturated heterocycles. The normalized spacial score (nSPS) is 14.9. The lowest BCUT2D eigenvalue weighted by Gasteiger charge is -2.31. The lowest BCUT2D eigenvalue weighted by Crippen LogP contribution is -2.39. The van der Waals surface area contributed by atoms with Crippen molar-refractivity contribution in [3.8, 4) is 0 Å². The van der Waals surface area contributed by atoms with Gasteiger partial charge in [-0.05, 0) is 60.3 Å². The summed E-state index contributed by atoms with van der Waals surface area (Å²) in [6.07, 6.45) is 3.54. The second-order valence-corrected chi connectivity index (χ2v) is 7.98. The molecule has 0 radical (unpaired) electrons. The highest BCUT2D eigenvalue weighted by atomic mass is 16.5. The van der Waals surface area contributed by atoms with E-state index >= 15 is 0 Å². The van der Waals surface area contributed by atoms with Gasteiger partial charge in [-0.1, -0.05) is 26.8 Å². The number of H-pyrrole nitrogens is 1. The highest BCUT2D eigenvalue weighted by molar-refractivity contribution is 5.84. The standard InChI is InChI=1S/C22H34N2O4/c1-14(2)19(11-18(13-25)24-22(26)27)15(3)16-7-8-21-20(10-16)17(12-23-21)6-5-9-28-4/h7-8,10,12,14-15,18-19,23-25H,5-6,9,11,13H2,1-4H3,(H,26,27). The molecule has 1 amide bonds. The minimum Gasteiger partial charge on any atom is -0.465 e. The first-order valence-electron chi connectivity index (χ1n) is 10.1. The van der Waals surface area contributed by atoms with Gasteiger partial charge in [-0.15, -0.1) is 0 Å². The van der Waals surface area contributed by atoms with E-state index in [1.807, 2.05) is 0 Å². The van der Waals surface area contributed by atoms with Crippen molar-refractivity contribution in [2.75, 3.05) is 20.3 Å². The Labute approximate surface area is 167 Å². The molecule has 2 rings (SSSR count). The molecule has 0 aliphatic rings. The van der Waals surface area contributed by atoms with Gasteiger partial charge in [-0.25, -0.2) is 4.79 Å². The fraction of sp³-hybridized carbons (Fsp3) is 0.591. The van der Waals surface area contributed by atoms with Gasteiger partial charge in [0.15, 0.2) is 0 Å². The maximum absolute atomic E-state index is 11.0. The zero-order chi connectivity index (χ0) is 20.7. The minimum atomic E-state index is -1.09. The van der Waals surface area contributed by atoms with Gasteiger partial charge in [0.25, 0.3) is 0 Å². The maximum Gasteiger partial charge on any atom is 0.404 e. The van der Waals surface area contributed by atoms with E-state index in [4.69, 9.17) is 9.84 Å². The number of benzene rings is 1. The van der Waals surface area contributed by atoms with Crippen LogP contribution in [0.25, 0.3) is 10.9 Å². The van der Waals surface area contributed by atoms with Gasteiger partial charge >= 0.3 is 6.09 Å². The molecule has 28 heavy (non-hydrogen) atoms. The molecule has 156 valence electrons. The molecule has 0 aliphatic carbocycles. The quantitative estimate of drug-likeness (QED) is 0.434. The average Bonchev–Trinajstić information content (AvgIpc) is 3.06. The van der Waals surface area contributed by atoms with E-state index in [1.165, 1.54) is 16.5 Å². The van der Waals surface area contributed by atoms with Crippen molar-refractivity contribution >= 4 is 17.0 Å². The van der Waals surface area contributed by atoms with Crippen molar-refractivity contribution in [2.24, 2.45) is 11.8 Å². The lowest BCUT2D eigenvalue weighted by molar-refractivity contribution is 0.162. The molecule has 3 atom stereocenters. The van der Waals surface area contributed by atoms with E-state index in [-0.39, 0.29) is 18.4 Å². The van der Waals surface area contributed by atoms with E-state index in [9.17, 15) is 9.90 Å². The maximum atomic E-state index is 11.0. The van der Waals surface area contributed by atoms with Crippen LogP contribution in [0.3, 0.4) is 0 Å². The van der Waals surface area contributed by atoms with E-state index in [0.717, 1.165) is 25.0 Å². The Bertz CT molecular complexity index is 756. The molecule has 0 spiro atoms. The Morgan fingerprint density at radius 3 is 2.64 bits per heavy atom. The molecule has 6 nitrogen and oxygen atoms in total. The first-order chi connectivity index (χ1) is 13.4. The summed E-state index contributed by atoms with van der Waals surface area (Å²) in [7, 11) is 1.72. The summed E-state index contributed by atoms with van der Waals surface area (Å²) in [4.78, 5) is 14.3. The molecular weight excluding hydrogens is 356 g/mol. The van der Waals surface area contributed by atoms with Crippen LogP contribution < -0.4 is 5.32 Å². The summed E-state index contributed by atoms with van der Waals surface area (Å²) in [6, 6.07) is 6.08. The smallest absolute Gasteiger partial charge is 0.404 e. The van der Waals surface area contributed by atoms with Crippen LogP contribution >= 0.6 is 0 Å². The summed E-state index contributed by atoms with van der Waals surface area (Å²) >= 11 is 0. The van der Waals surface area contributed by atoms with E-state index in [2.05, 4.69) is 55.5 Å². The summed E-state index contributed by atoms with van der Waals surface area (Å²) < 4.78 is 5.17. The second-order valence-electron chi connectivity index (χ2n) is 7.98. The van der Waals surface area contributed by atoms with Crippen molar-refractivity contribution in [1.82, 2.24) is 10.3 Å². The number of hydrogen-bond acceptors (Lipinski definition) is 3. The van der Waals surface area contributed by atoms with Crippen LogP contribution in [-0.4, -0.2) is 47.7 Å². The Hall–Kier alpha value is -2.05. The number of aryl methyl sites for hydroxylation is 1. The van der Waals surface area contributed by atoms with Crippen LogP contribution in [0, 0.1) is 11.8 Å². The Kier molecular flexibility index (Phi) is 8.33. The summed E-state index contributed by atoms with van der Waals surface area (Å²) in [5, 5.41) is 22.2. The molecule has 1 heterocycles. The topological polar surface area (TPSA) is 94.6 Å². The number of hydrogen-bond donors (Lipinski definition) is 4. The Balaban J connectivity index is 2.23. The lowest BCUT2D eigenvalue weighted by atomic mass is 9.76. The van der Waals surface area contributed by atoms with Crippen molar-refractivity contribution in [1.29, 1.82) is 0 Å². The molecule has 4 N–H and O–H groups in total. The number of aromatic amines is 1. The molecule has 0 saturated carbocycles. The summed E-state index contributed by atoms with van der Waals surface area (Å²) in [5.74, 6) is 0.857. The molecule has 3 unspecified atom stereocenters. The monoisotopic (exact) mass is 390 g/mol. The van der Waals surface area contributed by atoms with E-state index < -0.39 is 12.1 Å². The predicted octanol–water partition coefficient (Wildman–Crippen LogP) is 4.14. The summed E-state index contributed by atoms with van der Waals surface area (Å²) in [6.45, 7) is 7.06. The third kappa shape index (κ3) is 5.72. The SMILES string of the molecule is COCCCc1c[nH]c2ccc(C(C)C(CC(CO)NC(=O)O)C(C)C)cc12. The zero-order valence-electron chi connectivity index (χ0n) is 17.4. The van der Waals surface area contributed by atoms with Crippen LogP contribution in [0.4, 0.5) is 4.79 Å². The number of fused-ring (bicyclic) bond motifs is 1. The number of aromatic nitrogens is 1. The molecule has 0 bridgehead atoms. The number of nitrogens with one attached hydrogen (secondary N) is 2. The third-order valence-corrected chi connectivity index (χ3v) is 5.72. The van der Waals surface area contributed by atoms with Crippen molar-refractivity contribution < 1.29 is 19.7 Å². The van der Waals surface area contributed by atoms with Crippen molar-refractivity contribution in [3.05, 3.63) is 35.5 Å². The molecule has 1 aromatic heterocycles. The van der Waals surface area contributed by atoms with Gasteiger partial charge in [-0.2, -0.15) is 0 Å². The number of amides is 1. The number of aliphatic hydroxyl groups is 1. The fourth-order valence-electron chi connectivity index (χ4n) is 4.08.